The number of hydrogen-bond donors (Lipinski definition) is 0. The zero-order valence-corrected chi connectivity index (χ0v) is 10.4. The molecule has 1 saturated heterocycles. The molecule has 1 aromatic heterocycles. The van der Waals surface area contributed by atoms with Gasteiger partial charge in [0.1, 0.15) is 5.82 Å². The van der Waals surface area contributed by atoms with Gasteiger partial charge in [0, 0.05) is 30.9 Å². The van der Waals surface area contributed by atoms with Crippen LogP contribution in [0.15, 0.2) is 22.8 Å². The molecule has 15 heavy (non-hydrogen) atoms. The van der Waals surface area contributed by atoms with Crippen LogP contribution in [0.25, 0.3) is 0 Å². The number of halogens is 1. The molecule has 0 bridgehead atoms. The van der Waals surface area contributed by atoms with Gasteiger partial charge in [0.2, 0.25) is 0 Å². The molecule has 1 fully saturated rings. The molecular weight excluding hydrogens is 256 g/mol. The van der Waals surface area contributed by atoms with Crippen LogP contribution in [-0.2, 0) is 4.74 Å². The molecule has 0 spiro atoms. The maximum absolute atomic E-state index is 5.34. The lowest BCUT2D eigenvalue weighted by molar-refractivity contribution is 0.0818. The maximum atomic E-state index is 5.34. The highest BCUT2D eigenvalue weighted by Gasteiger charge is 2.19. The summed E-state index contributed by atoms with van der Waals surface area (Å²) in [5.41, 5.74) is 0. The van der Waals surface area contributed by atoms with Gasteiger partial charge in [-0.05, 0) is 40.9 Å². The Balaban J connectivity index is 1.98. The molecule has 1 aromatic rings. The van der Waals surface area contributed by atoms with Crippen LogP contribution in [0.3, 0.4) is 0 Å². The lowest BCUT2D eigenvalue weighted by Gasteiger charge is -2.32. The molecule has 82 valence electrons. The van der Waals surface area contributed by atoms with E-state index in [1.54, 1.807) is 7.11 Å². The van der Waals surface area contributed by atoms with Crippen LogP contribution in [0.5, 0.6) is 0 Å². The molecule has 0 saturated carbocycles. The number of nitrogens with zero attached hydrogens (tertiary/aromatic N) is 2. The first-order chi connectivity index (χ1) is 7.29. The van der Waals surface area contributed by atoms with Crippen molar-refractivity contribution in [3.8, 4) is 0 Å². The number of hydrogen-bond acceptors (Lipinski definition) is 3. The maximum Gasteiger partial charge on any atom is 0.128 e. The van der Waals surface area contributed by atoms with Gasteiger partial charge in [-0.25, -0.2) is 4.98 Å². The molecule has 4 heteroatoms. The van der Waals surface area contributed by atoms with E-state index in [9.17, 15) is 0 Å². The first kappa shape index (κ1) is 10.9. The number of anilines is 1. The van der Waals surface area contributed by atoms with Gasteiger partial charge >= 0.3 is 0 Å². The van der Waals surface area contributed by atoms with Crippen LogP contribution < -0.4 is 4.90 Å². The monoisotopic (exact) mass is 270 g/mol. The minimum atomic E-state index is 0.427. The predicted octanol–water partition coefficient (Wildman–Crippen LogP) is 2.46. The number of piperidine rings is 1. The highest BCUT2D eigenvalue weighted by Crippen LogP contribution is 2.20. The summed E-state index contributed by atoms with van der Waals surface area (Å²) in [6, 6.07) is 4.09. The molecule has 0 aliphatic carbocycles. The average molecular weight is 271 g/mol. The Morgan fingerprint density at radius 1 is 1.40 bits per heavy atom. The molecule has 0 radical (unpaired) electrons. The van der Waals surface area contributed by atoms with Crippen LogP contribution >= 0.6 is 15.9 Å². The fourth-order valence-electron chi connectivity index (χ4n) is 1.88. The van der Waals surface area contributed by atoms with Gasteiger partial charge in [-0.1, -0.05) is 0 Å². The largest absolute Gasteiger partial charge is 0.381 e. The fourth-order valence-corrected chi connectivity index (χ4v) is 2.11. The van der Waals surface area contributed by atoms with Gasteiger partial charge in [0.15, 0.2) is 0 Å². The zero-order chi connectivity index (χ0) is 10.7. The summed E-state index contributed by atoms with van der Waals surface area (Å²) in [4.78, 5) is 6.70. The number of methoxy groups -OCH3 is 1. The van der Waals surface area contributed by atoms with Crippen molar-refractivity contribution >= 4 is 21.7 Å². The summed E-state index contributed by atoms with van der Waals surface area (Å²) in [6.07, 6.45) is 4.46. The third-order valence-electron chi connectivity index (χ3n) is 2.81. The molecule has 3 nitrogen and oxygen atoms in total. The Morgan fingerprint density at radius 2 is 2.13 bits per heavy atom. The molecule has 1 aliphatic rings. The number of aromatic nitrogens is 1. The van der Waals surface area contributed by atoms with Crippen molar-refractivity contribution in [2.45, 2.75) is 18.9 Å². The van der Waals surface area contributed by atoms with Crippen molar-refractivity contribution in [3.05, 3.63) is 22.8 Å². The molecular formula is C11H15BrN2O. The standard InChI is InChI=1S/C11H15BrN2O/c1-15-10-4-6-14(7-5-10)11-3-2-9(12)8-13-11/h2-3,8,10H,4-7H2,1H3. The summed E-state index contributed by atoms with van der Waals surface area (Å²) >= 11 is 3.39. The highest BCUT2D eigenvalue weighted by atomic mass is 79.9. The van der Waals surface area contributed by atoms with Gasteiger partial charge in [0.05, 0.1) is 6.10 Å². The van der Waals surface area contributed by atoms with E-state index < -0.39 is 0 Å². The van der Waals surface area contributed by atoms with E-state index in [-0.39, 0.29) is 0 Å². The lowest BCUT2D eigenvalue weighted by atomic mass is 10.1. The van der Waals surface area contributed by atoms with Crippen LogP contribution in [-0.4, -0.2) is 31.3 Å². The van der Waals surface area contributed by atoms with Crippen molar-refractivity contribution < 1.29 is 4.74 Å². The summed E-state index contributed by atoms with van der Waals surface area (Å²) in [7, 11) is 1.79. The smallest absolute Gasteiger partial charge is 0.128 e. The molecule has 1 aliphatic heterocycles. The van der Waals surface area contributed by atoms with E-state index in [4.69, 9.17) is 4.74 Å². The van der Waals surface area contributed by atoms with Crippen molar-refractivity contribution in [1.29, 1.82) is 0 Å². The lowest BCUT2D eigenvalue weighted by Crippen LogP contribution is -2.37. The first-order valence-electron chi connectivity index (χ1n) is 5.19. The van der Waals surface area contributed by atoms with Gasteiger partial charge in [-0.3, -0.25) is 0 Å². The second-order valence-corrected chi connectivity index (χ2v) is 4.67. The molecule has 0 N–H and O–H groups in total. The molecule has 2 heterocycles. The SMILES string of the molecule is COC1CCN(c2ccc(Br)cn2)CC1. The fraction of sp³-hybridized carbons (Fsp3) is 0.545. The topological polar surface area (TPSA) is 25.4 Å². The van der Waals surface area contributed by atoms with Crippen molar-refractivity contribution in [2.75, 3.05) is 25.1 Å². The summed E-state index contributed by atoms with van der Waals surface area (Å²) < 4.78 is 6.37. The third kappa shape index (κ3) is 2.69. The summed E-state index contributed by atoms with van der Waals surface area (Å²) in [5.74, 6) is 1.06. The van der Waals surface area contributed by atoms with E-state index in [1.807, 2.05) is 12.3 Å². The Bertz CT molecular complexity index is 307. The van der Waals surface area contributed by atoms with E-state index in [0.717, 1.165) is 36.2 Å². The van der Waals surface area contributed by atoms with Crippen molar-refractivity contribution in [2.24, 2.45) is 0 Å². The van der Waals surface area contributed by atoms with Gasteiger partial charge in [0.25, 0.3) is 0 Å². The Kier molecular flexibility index (Phi) is 3.59. The minimum Gasteiger partial charge on any atom is -0.381 e. The second-order valence-electron chi connectivity index (χ2n) is 3.76. The van der Waals surface area contributed by atoms with Crippen LogP contribution in [0, 0.1) is 0 Å². The zero-order valence-electron chi connectivity index (χ0n) is 8.82. The summed E-state index contributed by atoms with van der Waals surface area (Å²) in [6.45, 7) is 2.07. The van der Waals surface area contributed by atoms with Crippen molar-refractivity contribution in [1.82, 2.24) is 4.98 Å². The molecule has 2 rings (SSSR count). The van der Waals surface area contributed by atoms with E-state index in [0.29, 0.717) is 6.10 Å². The van der Waals surface area contributed by atoms with Gasteiger partial charge in [-0.15, -0.1) is 0 Å². The van der Waals surface area contributed by atoms with E-state index in [1.165, 1.54) is 0 Å². The Morgan fingerprint density at radius 3 is 2.67 bits per heavy atom. The third-order valence-corrected chi connectivity index (χ3v) is 3.28. The first-order valence-corrected chi connectivity index (χ1v) is 5.98. The van der Waals surface area contributed by atoms with E-state index in [2.05, 4.69) is 31.9 Å². The molecule has 0 atom stereocenters. The highest BCUT2D eigenvalue weighted by molar-refractivity contribution is 9.10. The Hall–Kier alpha value is -0.610. The number of pyridine rings is 1. The van der Waals surface area contributed by atoms with Gasteiger partial charge < -0.3 is 9.64 Å². The quantitative estimate of drug-likeness (QED) is 0.826. The Labute approximate surface area is 98.6 Å². The van der Waals surface area contributed by atoms with Crippen LogP contribution in [0.4, 0.5) is 5.82 Å². The number of ether oxygens (including phenoxy) is 1. The average Bonchev–Trinajstić information content (AvgIpc) is 2.30. The summed E-state index contributed by atoms with van der Waals surface area (Å²) in [5, 5.41) is 0. The molecule has 0 unspecified atom stereocenters. The molecule has 0 aromatic carbocycles. The van der Waals surface area contributed by atoms with E-state index >= 15 is 0 Å². The van der Waals surface area contributed by atoms with Gasteiger partial charge in [-0.2, -0.15) is 0 Å². The minimum absolute atomic E-state index is 0.427. The van der Waals surface area contributed by atoms with Crippen molar-refractivity contribution in [3.63, 3.8) is 0 Å². The predicted molar refractivity (Wildman–Crippen MR) is 64.2 cm³/mol. The van der Waals surface area contributed by atoms with Crippen LogP contribution in [0.1, 0.15) is 12.8 Å². The second kappa shape index (κ2) is 4.94. The normalized spacial score (nSPS) is 18.1. The van der Waals surface area contributed by atoms with Crippen LogP contribution in [0.2, 0.25) is 0 Å². The molecule has 0 amide bonds. The number of rotatable bonds is 2.